The average molecular weight is 218 g/mol. The molecule has 1 aliphatic carbocycles. The van der Waals surface area contributed by atoms with Crippen molar-refractivity contribution < 1.29 is 0 Å². The van der Waals surface area contributed by atoms with Crippen LogP contribution in [0.3, 0.4) is 0 Å². The largest absolute Gasteiger partial charge is 0.126 e. The maximum atomic E-state index is 2.40. The van der Waals surface area contributed by atoms with Gasteiger partial charge in [0.25, 0.3) is 0 Å². The molecule has 1 heteroatoms. The SMILES string of the molecule is CCCSc1cccc2c1=CC[C@@H](C)C=2. The Bertz CT molecular complexity index is 445. The fourth-order valence-corrected chi connectivity index (χ4v) is 2.90. The van der Waals surface area contributed by atoms with Gasteiger partial charge in [-0.2, -0.15) is 0 Å². The second-order valence-corrected chi connectivity index (χ2v) is 5.33. The summed E-state index contributed by atoms with van der Waals surface area (Å²) in [5, 5.41) is 2.89. The summed E-state index contributed by atoms with van der Waals surface area (Å²) in [5.74, 6) is 1.92. The van der Waals surface area contributed by atoms with Gasteiger partial charge >= 0.3 is 0 Å². The van der Waals surface area contributed by atoms with Crippen molar-refractivity contribution in [1.29, 1.82) is 0 Å². The number of rotatable bonds is 3. The minimum Gasteiger partial charge on any atom is -0.126 e. The van der Waals surface area contributed by atoms with E-state index in [1.54, 1.807) is 0 Å². The summed E-state index contributed by atoms with van der Waals surface area (Å²) >= 11 is 1.99. The average Bonchev–Trinajstić information content (AvgIpc) is 2.25. The Morgan fingerprint density at radius 2 is 2.27 bits per heavy atom. The van der Waals surface area contributed by atoms with Crippen molar-refractivity contribution >= 4 is 23.9 Å². The highest BCUT2D eigenvalue weighted by Crippen LogP contribution is 2.15. The minimum atomic E-state index is 0.698. The van der Waals surface area contributed by atoms with E-state index in [0.29, 0.717) is 5.92 Å². The summed E-state index contributed by atoms with van der Waals surface area (Å²) in [7, 11) is 0. The zero-order chi connectivity index (χ0) is 10.7. The van der Waals surface area contributed by atoms with Gasteiger partial charge in [-0.05, 0) is 41.0 Å². The highest BCUT2D eigenvalue weighted by molar-refractivity contribution is 7.99. The van der Waals surface area contributed by atoms with Gasteiger partial charge in [0.05, 0.1) is 0 Å². The third kappa shape index (κ3) is 2.46. The number of hydrogen-bond acceptors (Lipinski definition) is 1. The topological polar surface area (TPSA) is 0 Å². The van der Waals surface area contributed by atoms with E-state index in [1.165, 1.54) is 33.9 Å². The lowest BCUT2D eigenvalue weighted by molar-refractivity contribution is 0.798. The molecule has 1 aromatic rings. The first kappa shape index (κ1) is 10.8. The van der Waals surface area contributed by atoms with E-state index in [0.717, 1.165) is 0 Å². The van der Waals surface area contributed by atoms with Crippen LogP contribution in [0.4, 0.5) is 0 Å². The normalized spacial score (nSPS) is 18.9. The maximum absolute atomic E-state index is 2.40. The van der Waals surface area contributed by atoms with Gasteiger partial charge in [0.15, 0.2) is 0 Å². The van der Waals surface area contributed by atoms with E-state index in [2.05, 4.69) is 44.2 Å². The van der Waals surface area contributed by atoms with Crippen molar-refractivity contribution in [1.82, 2.24) is 0 Å². The van der Waals surface area contributed by atoms with E-state index < -0.39 is 0 Å². The molecule has 0 aliphatic heterocycles. The first-order valence-electron chi connectivity index (χ1n) is 5.75. The number of fused-ring (bicyclic) bond motifs is 1. The molecular weight excluding hydrogens is 200 g/mol. The molecule has 0 aromatic heterocycles. The molecule has 0 radical (unpaired) electrons. The summed E-state index contributed by atoms with van der Waals surface area (Å²) in [6, 6.07) is 6.66. The van der Waals surface area contributed by atoms with Crippen LogP contribution in [0, 0.1) is 5.92 Å². The molecule has 0 heterocycles. The highest BCUT2D eigenvalue weighted by atomic mass is 32.2. The summed E-state index contributed by atoms with van der Waals surface area (Å²) in [5.41, 5.74) is 0. The number of benzene rings is 1. The van der Waals surface area contributed by atoms with Crippen LogP contribution in [-0.2, 0) is 0 Å². The third-order valence-electron chi connectivity index (χ3n) is 2.72. The fourth-order valence-electron chi connectivity index (χ4n) is 1.94. The lowest BCUT2D eigenvalue weighted by Crippen LogP contribution is -2.30. The quantitative estimate of drug-likeness (QED) is 0.703. The Morgan fingerprint density at radius 1 is 1.40 bits per heavy atom. The van der Waals surface area contributed by atoms with Crippen LogP contribution in [0.15, 0.2) is 23.1 Å². The van der Waals surface area contributed by atoms with E-state index in [9.17, 15) is 0 Å². The molecule has 0 saturated carbocycles. The molecule has 0 spiro atoms. The predicted octanol–water partition coefficient (Wildman–Crippen LogP) is 2.79. The van der Waals surface area contributed by atoms with E-state index in [-0.39, 0.29) is 0 Å². The van der Waals surface area contributed by atoms with E-state index in [4.69, 9.17) is 0 Å². The molecule has 15 heavy (non-hydrogen) atoms. The van der Waals surface area contributed by atoms with Gasteiger partial charge < -0.3 is 0 Å². The van der Waals surface area contributed by atoms with Crippen LogP contribution in [0.5, 0.6) is 0 Å². The molecule has 0 amide bonds. The summed E-state index contributed by atoms with van der Waals surface area (Å²) in [6.07, 6.45) is 7.23. The smallest absolute Gasteiger partial charge is 0.0147 e. The molecule has 0 saturated heterocycles. The molecule has 0 bridgehead atoms. The van der Waals surface area contributed by atoms with E-state index >= 15 is 0 Å². The standard InChI is InChI=1S/C14H18S/c1-3-9-15-14-6-4-5-12-10-11(2)7-8-13(12)14/h4-6,8,10-11H,3,7,9H2,1-2H3/t11-/m1/s1. The zero-order valence-electron chi connectivity index (χ0n) is 9.49. The lowest BCUT2D eigenvalue weighted by atomic mass is 9.99. The molecule has 0 unspecified atom stereocenters. The monoisotopic (exact) mass is 218 g/mol. The predicted molar refractivity (Wildman–Crippen MR) is 69.4 cm³/mol. The van der Waals surface area contributed by atoms with Crippen molar-refractivity contribution in [3.05, 3.63) is 28.6 Å². The Hall–Kier alpha value is -0.690. The fraction of sp³-hybridized carbons (Fsp3) is 0.429. The maximum Gasteiger partial charge on any atom is 0.0147 e. The van der Waals surface area contributed by atoms with Crippen molar-refractivity contribution in [2.75, 3.05) is 5.75 Å². The van der Waals surface area contributed by atoms with Gasteiger partial charge in [0.2, 0.25) is 0 Å². The molecule has 0 N–H and O–H groups in total. The summed E-state index contributed by atoms with van der Waals surface area (Å²) in [4.78, 5) is 1.46. The van der Waals surface area contributed by atoms with E-state index in [1.807, 2.05) is 11.8 Å². The van der Waals surface area contributed by atoms with Gasteiger partial charge in [-0.25, -0.2) is 0 Å². The molecule has 0 nitrogen and oxygen atoms in total. The first-order chi connectivity index (χ1) is 7.31. The van der Waals surface area contributed by atoms with Crippen LogP contribution in [0.25, 0.3) is 12.2 Å². The van der Waals surface area contributed by atoms with Crippen LogP contribution < -0.4 is 10.4 Å². The van der Waals surface area contributed by atoms with Gasteiger partial charge in [-0.3, -0.25) is 0 Å². The molecule has 2 rings (SSSR count). The molecule has 1 aliphatic rings. The molecule has 80 valence electrons. The van der Waals surface area contributed by atoms with Crippen LogP contribution in [0.1, 0.15) is 26.7 Å². The van der Waals surface area contributed by atoms with Gasteiger partial charge in [0, 0.05) is 4.90 Å². The van der Waals surface area contributed by atoms with Crippen LogP contribution in [-0.4, -0.2) is 5.75 Å². The molecule has 1 atom stereocenters. The zero-order valence-corrected chi connectivity index (χ0v) is 10.3. The van der Waals surface area contributed by atoms with Crippen LogP contribution >= 0.6 is 11.8 Å². The Morgan fingerprint density at radius 3 is 3.07 bits per heavy atom. The molecular formula is C14H18S. The second kappa shape index (κ2) is 4.89. The van der Waals surface area contributed by atoms with Crippen molar-refractivity contribution in [2.24, 2.45) is 5.92 Å². The van der Waals surface area contributed by atoms with Crippen molar-refractivity contribution in [3.8, 4) is 0 Å². The van der Waals surface area contributed by atoms with Crippen molar-refractivity contribution in [2.45, 2.75) is 31.6 Å². The van der Waals surface area contributed by atoms with Gasteiger partial charge in [0.1, 0.15) is 0 Å². The lowest BCUT2D eigenvalue weighted by Gasteiger charge is -2.10. The highest BCUT2D eigenvalue weighted by Gasteiger charge is 2.04. The Kier molecular flexibility index (Phi) is 3.53. The number of thioether (sulfide) groups is 1. The molecule has 1 aromatic carbocycles. The Balaban J connectivity index is 2.43. The van der Waals surface area contributed by atoms with Crippen molar-refractivity contribution in [3.63, 3.8) is 0 Å². The van der Waals surface area contributed by atoms with Gasteiger partial charge in [-0.1, -0.05) is 38.1 Å². The summed E-state index contributed by atoms with van der Waals surface area (Å²) in [6.45, 7) is 4.52. The second-order valence-electron chi connectivity index (χ2n) is 4.19. The van der Waals surface area contributed by atoms with Crippen LogP contribution in [0.2, 0.25) is 0 Å². The summed E-state index contributed by atoms with van der Waals surface area (Å²) < 4.78 is 0. The number of hydrogen-bond donors (Lipinski definition) is 0. The first-order valence-corrected chi connectivity index (χ1v) is 6.73. The minimum absolute atomic E-state index is 0.698. The van der Waals surface area contributed by atoms with Gasteiger partial charge in [-0.15, -0.1) is 11.8 Å². The Labute approximate surface area is 96.1 Å². The third-order valence-corrected chi connectivity index (χ3v) is 4.00. The molecule has 0 fully saturated rings.